The van der Waals surface area contributed by atoms with Crippen molar-refractivity contribution in [2.75, 3.05) is 7.05 Å². The number of carboxylic acids is 1. The largest absolute Gasteiger partial charge is 0.480 e. The summed E-state index contributed by atoms with van der Waals surface area (Å²) >= 11 is 0. The molecule has 22 heavy (non-hydrogen) atoms. The molecule has 1 amide bonds. The Kier molecular flexibility index (Phi) is 6.07. The van der Waals surface area contributed by atoms with Gasteiger partial charge in [-0.2, -0.15) is 0 Å². The van der Waals surface area contributed by atoms with Gasteiger partial charge in [-0.05, 0) is 37.2 Å². The molecule has 0 radical (unpaired) electrons. The van der Waals surface area contributed by atoms with Crippen molar-refractivity contribution in [3.63, 3.8) is 0 Å². The highest BCUT2D eigenvalue weighted by atomic mass is 32.2. The van der Waals surface area contributed by atoms with Gasteiger partial charge < -0.3 is 10.4 Å². The molecular weight excluding hydrogens is 308 g/mol. The van der Waals surface area contributed by atoms with Crippen LogP contribution in [0.1, 0.15) is 30.6 Å². The monoisotopic (exact) mass is 328 g/mol. The fourth-order valence-electron chi connectivity index (χ4n) is 1.81. The molecule has 0 bridgehead atoms. The lowest BCUT2D eigenvalue weighted by molar-refractivity contribution is -0.140. The van der Waals surface area contributed by atoms with E-state index in [1.165, 1.54) is 31.3 Å². The molecule has 7 nitrogen and oxygen atoms in total. The number of hydrogen-bond donors (Lipinski definition) is 3. The summed E-state index contributed by atoms with van der Waals surface area (Å²) in [6.45, 7) is 3.58. The van der Waals surface area contributed by atoms with E-state index in [9.17, 15) is 18.0 Å². The van der Waals surface area contributed by atoms with Gasteiger partial charge in [-0.3, -0.25) is 4.79 Å². The Hall–Kier alpha value is -1.93. The molecule has 0 fully saturated rings. The first kappa shape index (κ1) is 18.1. The number of aliphatic carboxylic acids is 1. The topological polar surface area (TPSA) is 113 Å². The minimum atomic E-state index is -3.57. The van der Waals surface area contributed by atoms with E-state index in [0.29, 0.717) is 6.42 Å². The lowest BCUT2D eigenvalue weighted by Gasteiger charge is -2.20. The van der Waals surface area contributed by atoms with Crippen LogP contribution in [0.3, 0.4) is 0 Å². The fourth-order valence-corrected chi connectivity index (χ4v) is 2.54. The highest BCUT2D eigenvalue weighted by Crippen LogP contribution is 2.12. The zero-order valence-electron chi connectivity index (χ0n) is 12.7. The summed E-state index contributed by atoms with van der Waals surface area (Å²) in [6.07, 6.45) is 0.608. The molecule has 122 valence electrons. The van der Waals surface area contributed by atoms with E-state index in [1.54, 1.807) is 6.92 Å². The maximum Gasteiger partial charge on any atom is 0.326 e. The Balaban J connectivity index is 2.92. The zero-order chi connectivity index (χ0) is 16.9. The van der Waals surface area contributed by atoms with Crippen molar-refractivity contribution in [1.29, 1.82) is 0 Å². The van der Waals surface area contributed by atoms with Crippen molar-refractivity contribution < 1.29 is 23.1 Å². The summed E-state index contributed by atoms with van der Waals surface area (Å²) in [5, 5.41) is 11.6. The summed E-state index contributed by atoms with van der Waals surface area (Å²) in [6, 6.07) is 4.28. The maximum absolute atomic E-state index is 12.1. The van der Waals surface area contributed by atoms with E-state index >= 15 is 0 Å². The number of rotatable bonds is 7. The number of hydrogen-bond acceptors (Lipinski definition) is 4. The van der Waals surface area contributed by atoms with Crippen LogP contribution < -0.4 is 10.0 Å². The third-order valence-corrected chi connectivity index (χ3v) is 4.89. The number of amides is 1. The van der Waals surface area contributed by atoms with E-state index in [4.69, 9.17) is 5.11 Å². The van der Waals surface area contributed by atoms with Crippen LogP contribution in [0.25, 0.3) is 0 Å². The van der Waals surface area contributed by atoms with E-state index < -0.39 is 27.9 Å². The Morgan fingerprint density at radius 3 is 2.18 bits per heavy atom. The minimum Gasteiger partial charge on any atom is -0.480 e. The van der Waals surface area contributed by atoms with Gasteiger partial charge in [0, 0.05) is 5.56 Å². The van der Waals surface area contributed by atoms with E-state index in [0.717, 1.165) is 0 Å². The molecule has 2 unspecified atom stereocenters. The van der Waals surface area contributed by atoms with Gasteiger partial charge in [0.15, 0.2) is 0 Å². The van der Waals surface area contributed by atoms with Crippen LogP contribution in [-0.4, -0.2) is 38.5 Å². The lowest BCUT2D eigenvalue weighted by Crippen LogP contribution is -2.45. The fraction of sp³-hybridized carbons (Fsp3) is 0.429. The summed E-state index contributed by atoms with van der Waals surface area (Å²) in [5.41, 5.74) is 0.199. The van der Waals surface area contributed by atoms with E-state index in [2.05, 4.69) is 10.0 Å². The Morgan fingerprint density at radius 1 is 1.23 bits per heavy atom. The SMILES string of the molecule is CCC(C)C(NC(=O)c1ccc(S(=O)(=O)NC)cc1)C(=O)O. The highest BCUT2D eigenvalue weighted by Gasteiger charge is 2.25. The summed E-state index contributed by atoms with van der Waals surface area (Å²) in [4.78, 5) is 23.3. The smallest absolute Gasteiger partial charge is 0.326 e. The molecule has 0 saturated carbocycles. The predicted octanol–water partition coefficient (Wildman–Crippen LogP) is 0.824. The molecule has 1 aromatic rings. The Labute approximate surface area is 129 Å². The van der Waals surface area contributed by atoms with Crippen molar-refractivity contribution in [2.24, 2.45) is 5.92 Å². The van der Waals surface area contributed by atoms with Crippen molar-refractivity contribution in [3.05, 3.63) is 29.8 Å². The molecule has 1 aromatic carbocycles. The van der Waals surface area contributed by atoms with Crippen LogP contribution >= 0.6 is 0 Å². The lowest BCUT2D eigenvalue weighted by atomic mass is 9.99. The third kappa shape index (κ3) is 4.28. The van der Waals surface area contributed by atoms with Gasteiger partial charge in [0.2, 0.25) is 10.0 Å². The van der Waals surface area contributed by atoms with Gasteiger partial charge in [0.05, 0.1) is 4.90 Å². The maximum atomic E-state index is 12.1. The molecule has 0 aromatic heterocycles. The van der Waals surface area contributed by atoms with Crippen LogP contribution in [0.4, 0.5) is 0 Å². The Bertz CT molecular complexity index is 640. The van der Waals surface area contributed by atoms with Gasteiger partial charge in [-0.1, -0.05) is 20.3 Å². The average molecular weight is 328 g/mol. The van der Waals surface area contributed by atoms with Crippen molar-refractivity contribution in [3.8, 4) is 0 Å². The predicted molar refractivity (Wildman–Crippen MR) is 81.0 cm³/mol. The van der Waals surface area contributed by atoms with Crippen molar-refractivity contribution in [1.82, 2.24) is 10.0 Å². The molecule has 0 heterocycles. The molecule has 0 aliphatic carbocycles. The van der Waals surface area contributed by atoms with Crippen LogP contribution in [-0.2, 0) is 14.8 Å². The molecule has 2 atom stereocenters. The van der Waals surface area contributed by atoms with Gasteiger partial charge >= 0.3 is 5.97 Å². The van der Waals surface area contributed by atoms with Crippen LogP contribution in [0.2, 0.25) is 0 Å². The molecule has 1 rings (SSSR count). The second-order valence-corrected chi connectivity index (χ2v) is 6.79. The quantitative estimate of drug-likeness (QED) is 0.686. The first-order valence-electron chi connectivity index (χ1n) is 6.80. The third-order valence-electron chi connectivity index (χ3n) is 3.46. The van der Waals surface area contributed by atoms with Crippen LogP contribution in [0, 0.1) is 5.92 Å². The number of carbonyl (C=O) groups is 2. The number of sulfonamides is 1. The molecule has 3 N–H and O–H groups in total. The molecule has 0 aliphatic heterocycles. The second kappa shape index (κ2) is 7.37. The van der Waals surface area contributed by atoms with Gasteiger partial charge in [0.25, 0.3) is 5.91 Å². The Morgan fingerprint density at radius 2 is 1.77 bits per heavy atom. The molecule has 8 heteroatoms. The standard InChI is InChI=1S/C14H20N2O5S/c1-4-9(2)12(14(18)19)16-13(17)10-5-7-11(8-6-10)22(20,21)15-3/h5-9,12,15H,4H2,1-3H3,(H,16,17)(H,18,19). The van der Waals surface area contributed by atoms with E-state index in [1.807, 2.05) is 6.92 Å². The second-order valence-electron chi connectivity index (χ2n) is 4.91. The van der Waals surface area contributed by atoms with Crippen molar-refractivity contribution >= 4 is 21.9 Å². The molecular formula is C14H20N2O5S. The number of carboxylic acid groups (broad SMARTS) is 1. The van der Waals surface area contributed by atoms with Crippen LogP contribution in [0.15, 0.2) is 29.2 Å². The molecule has 0 aliphatic rings. The van der Waals surface area contributed by atoms with Crippen molar-refractivity contribution in [2.45, 2.75) is 31.2 Å². The normalized spacial score (nSPS) is 14.1. The summed E-state index contributed by atoms with van der Waals surface area (Å²) in [5.74, 6) is -1.87. The first-order chi connectivity index (χ1) is 10.2. The first-order valence-corrected chi connectivity index (χ1v) is 8.28. The van der Waals surface area contributed by atoms with E-state index in [-0.39, 0.29) is 16.4 Å². The zero-order valence-corrected chi connectivity index (χ0v) is 13.5. The van der Waals surface area contributed by atoms with Crippen LogP contribution in [0.5, 0.6) is 0 Å². The van der Waals surface area contributed by atoms with Gasteiger partial charge in [0.1, 0.15) is 6.04 Å². The average Bonchev–Trinajstić information content (AvgIpc) is 2.51. The number of benzene rings is 1. The number of carbonyl (C=O) groups excluding carboxylic acids is 1. The minimum absolute atomic E-state index is 0.0308. The van der Waals surface area contributed by atoms with Gasteiger partial charge in [-0.15, -0.1) is 0 Å². The summed E-state index contributed by atoms with van der Waals surface area (Å²) < 4.78 is 25.3. The summed E-state index contributed by atoms with van der Waals surface area (Å²) in [7, 11) is -2.28. The molecule has 0 spiro atoms. The molecule has 0 saturated heterocycles. The highest BCUT2D eigenvalue weighted by molar-refractivity contribution is 7.89. The van der Waals surface area contributed by atoms with Gasteiger partial charge in [-0.25, -0.2) is 17.9 Å². The number of nitrogens with one attached hydrogen (secondary N) is 2.